The molecule has 1 aliphatic heterocycles. The molecule has 1 fully saturated rings. The number of hydrogen-bond donors (Lipinski definition) is 1. The van der Waals surface area contributed by atoms with Crippen LogP contribution in [0.1, 0.15) is 13.8 Å². The van der Waals surface area contributed by atoms with E-state index in [1.54, 1.807) is 11.8 Å². The maximum Gasteiger partial charge on any atom is 0.251 e. The lowest BCUT2D eigenvalue weighted by Crippen LogP contribution is -2.51. The Balaban J connectivity index is 2.44. The van der Waals surface area contributed by atoms with Gasteiger partial charge >= 0.3 is 0 Å². The molecular formula is C10H20N2O3. The van der Waals surface area contributed by atoms with E-state index in [4.69, 9.17) is 15.2 Å². The molecule has 2 atom stereocenters. The van der Waals surface area contributed by atoms with Gasteiger partial charge in [0.05, 0.1) is 12.7 Å². The molecule has 1 aliphatic rings. The average Bonchev–Trinajstić information content (AvgIpc) is 2.28. The Morgan fingerprint density at radius 2 is 2.47 bits per heavy atom. The predicted octanol–water partition coefficient (Wildman–Crippen LogP) is -0.402. The molecule has 0 bridgehead atoms. The maximum absolute atomic E-state index is 11.9. The molecule has 1 saturated heterocycles. The lowest BCUT2D eigenvalue weighted by molar-refractivity contribution is -0.149. The summed E-state index contributed by atoms with van der Waals surface area (Å²) in [5, 5.41) is 0. The highest BCUT2D eigenvalue weighted by atomic mass is 16.5. The molecule has 88 valence electrons. The Kier molecular flexibility index (Phi) is 5.01. The van der Waals surface area contributed by atoms with E-state index in [9.17, 15) is 4.79 Å². The molecule has 0 aliphatic carbocycles. The maximum atomic E-state index is 11.9. The highest BCUT2D eigenvalue weighted by Gasteiger charge is 2.26. The van der Waals surface area contributed by atoms with Gasteiger partial charge in [0.2, 0.25) is 0 Å². The number of morpholine rings is 1. The summed E-state index contributed by atoms with van der Waals surface area (Å²) in [7, 11) is 0. The first kappa shape index (κ1) is 12.4. The standard InChI is InChI=1S/C10H20N2O3/c1-3-14-8(2)10(13)12-4-5-15-9(6-11)7-12/h8-9H,3-7,11H2,1-2H3. The molecule has 0 aromatic heterocycles. The Morgan fingerprint density at radius 1 is 1.73 bits per heavy atom. The Bertz CT molecular complexity index is 211. The van der Waals surface area contributed by atoms with E-state index in [1.807, 2.05) is 6.92 Å². The molecule has 0 aromatic carbocycles. The van der Waals surface area contributed by atoms with Crippen molar-refractivity contribution in [2.45, 2.75) is 26.1 Å². The van der Waals surface area contributed by atoms with E-state index >= 15 is 0 Å². The third-order valence-corrected chi connectivity index (χ3v) is 2.48. The highest BCUT2D eigenvalue weighted by Crippen LogP contribution is 2.07. The lowest BCUT2D eigenvalue weighted by Gasteiger charge is -2.33. The SMILES string of the molecule is CCOC(C)C(=O)N1CCOC(CN)C1. The fourth-order valence-electron chi connectivity index (χ4n) is 1.64. The minimum atomic E-state index is -0.369. The zero-order chi connectivity index (χ0) is 11.3. The Morgan fingerprint density at radius 3 is 3.07 bits per heavy atom. The number of nitrogens with two attached hydrogens (primary N) is 1. The van der Waals surface area contributed by atoms with Gasteiger partial charge in [-0.15, -0.1) is 0 Å². The van der Waals surface area contributed by atoms with Gasteiger partial charge < -0.3 is 20.1 Å². The minimum absolute atomic E-state index is 0.0265. The third kappa shape index (κ3) is 3.44. The van der Waals surface area contributed by atoms with Crippen molar-refractivity contribution in [3.63, 3.8) is 0 Å². The second-order valence-electron chi connectivity index (χ2n) is 3.61. The lowest BCUT2D eigenvalue weighted by atomic mass is 10.2. The van der Waals surface area contributed by atoms with Crippen molar-refractivity contribution in [3.05, 3.63) is 0 Å². The molecule has 5 heteroatoms. The first-order valence-corrected chi connectivity index (χ1v) is 5.41. The van der Waals surface area contributed by atoms with Crippen molar-refractivity contribution in [1.29, 1.82) is 0 Å². The molecule has 1 amide bonds. The summed E-state index contributed by atoms with van der Waals surface area (Å²) in [6.07, 6.45) is -0.400. The van der Waals surface area contributed by atoms with Gasteiger partial charge in [0.25, 0.3) is 5.91 Å². The van der Waals surface area contributed by atoms with Crippen LogP contribution in [0, 0.1) is 0 Å². The average molecular weight is 216 g/mol. The molecule has 1 rings (SSSR count). The van der Waals surface area contributed by atoms with E-state index < -0.39 is 0 Å². The van der Waals surface area contributed by atoms with Crippen molar-refractivity contribution in [1.82, 2.24) is 4.90 Å². The van der Waals surface area contributed by atoms with Crippen molar-refractivity contribution >= 4 is 5.91 Å². The summed E-state index contributed by atoms with van der Waals surface area (Å²) in [4.78, 5) is 13.6. The van der Waals surface area contributed by atoms with Crippen LogP contribution in [0.3, 0.4) is 0 Å². The smallest absolute Gasteiger partial charge is 0.251 e. The van der Waals surface area contributed by atoms with Gasteiger partial charge in [-0.25, -0.2) is 0 Å². The van der Waals surface area contributed by atoms with Crippen LogP contribution in [0.25, 0.3) is 0 Å². The topological polar surface area (TPSA) is 64.8 Å². The van der Waals surface area contributed by atoms with E-state index in [0.29, 0.717) is 32.8 Å². The fraction of sp³-hybridized carbons (Fsp3) is 0.900. The molecule has 2 unspecified atom stereocenters. The summed E-state index contributed by atoms with van der Waals surface area (Å²) in [5.74, 6) is 0.0265. The van der Waals surface area contributed by atoms with Gasteiger partial charge in [-0.2, -0.15) is 0 Å². The van der Waals surface area contributed by atoms with Gasteiger partial charge in [0, 0.05) is 26.2 Å². The zero-order valence-corrected chi connectivity index (χ0v) is 9.44. The number of ether oxygens (including phenoxy) is 2. The molecule has 5 nitrogen and oxygen atoms in total. The van der Waals surface area contributed by atoms with Crippen molar-refractivity contribution < 1.29 is 14.3 Å². The van der Waals surface area contributed by atoms with Gasteiger partial charge in [-0.1, -0.05) is 0 Å². The largest absolute Gasteiger partial charge is 0.373 e. The molecule has 0 aromatic rings. The van der Waals surface area contributed by atoms with Crippen LogP contribution in [0.4, 0.5) is 0 Å². The van der Waals surface area contributed by atoms with Crippen LogP contribution < -0.4 is 5.73 Å². The van der Waals surface area contributed by atoms with E-state index in [0.717, 1.165) is 0 Å². The van der Waals surface area contributed by atoms with Gasteiger partial charge in [-0.05, 0) is 13.8 Å². The highest BCUT2D eigenvalue weighted by molar-refractivity contribution is 5.80. The number of nitrogens with zero attached hydrogens (tertiary/aromatic N) is 1. The molecule has 0 radical (unpaired) electrons. The number of hydrogen-bond acceptors (Lipinski definition) is 4. The van der Waals surface area contributed by atoms with Crippen LogP contribution in [0.2, 0.25) is 0 Å². The van der Waals surface area contributed by atoms with Crippen LogP contribution >= 0.6 is 0 Å². The van der Waals surface area contributed by atoms with Crippen LogP contribution in [0.5, 0.6) is 0 Å². The molecule has 1 heterocycles. The molecule has 2 N–H and O–H groups in total. The van der Waals surface area contributed by atoms with Crippen LogP contribution in [0.15, 0.2) is 0 Å². The summed E-state index contributed by atoms with van der Waals surface area (Å²) in [6.45, 7) is 6.43. The van der Waals surface area contributed by atoms with Gasteiger partial charge in [-0.3, -0.25) is 4.79 Å². The fourth-order valence-corrected chi connectivity index (χ4v) is 1.64. The van der Waals surface area contributed by atoms with Gasteiger partial charge in [0.15, 0.2) is 0 Å². The monoisotopic (exact) mass is 216 g/mol. The zero-order valence-electron chi connectivity index (χ0n) is 9.44. The molecule has 0 spiro atoms. The Labute approximate surface area is 90.5 Å². The minimum Gasteiger partial charge on any atom is -0.373 e. The summed E-state index contributed by atoms with van der Waals surface area (Å²) in [6, 6.07) is 0. The summed E-state index contributed by atoms with van der Waals surface area (Å²) in [5.41, 5.74) is 5.51. The van der Waals surface area contributed by atoms with Crippen LogP contribution in [-0.2, 0) is 14.3 Å². The van der Waals surface area contributed by atoms with E-state index in [-0.39, 0.29) is 18.1 Å². The summed E-state index contributed by atoms with van der Waals surface area (Å²) >= 11 is 0. The van der Waals surface area contributed by atoms with Crippen molar-refractivity contribution in [2.24, 2.45) is 5.73 Å². The quantitative estimate of drug-likeness (QED) is 0.694. The molecular weight excluding hydrogens is 196 g/mol. The molecule has 15 heavy (non-hydrogen) atoms. The predicted molar refractivity (Wildman–Crippen MR) is 56.5 cm³/mol. The number of carbonyl (C=O) groups excluding carboxylic acids is 1. The first-order valence-electron chi connectivity index (χ1n) is 5.41. The van der Waals surface area contributed by atoms with Crippen molar-refractivity contribution in [3.8, 4) is 0 Å². The number of carbonyl (C=O) groups is 1. The second-order valence-corrected chi connectivity index (χ2v) is 3.61. The van der Waals surface area contributed by atoms with Crippen LogP contribution in [-0.4, -0.2) is 55.9 Å². The molecule has 0 saturated carbocycles. The van der Waals surface area contributed by atoms with Gasteiger partial charge in [0.1, 0.15) is 6.10 Å². The van der Waals surface area contributed by atoms with E-state index in [1.165, 1.54) is 0 Å². The Hall–Kier alpha value is -0.650. The summed E-state index contributed by atoms with van der Waals surface area (Å²) < 4.78 is 10.6. The van der Waals surface area contributed by atoms with Crippen molar-refractivity contribution in [2.75, 3.05) is 32.8 Å². The normalized spacial score (nSPS) is 23.9. The second kappa shape index (κ2) is 6.05. The van der Waals surface area contributed by atoms with E-state index in [2.05, 4.69) is 0 Å². The number of amides is 1. The number of rotatable bonds is 4. The first-order chi connectivity index (χ1) is 7.19. The third-order valence-electron chi connectivity index (χ3n) is 2.48.